The first-order chi connectivity index (χ1) is 8.19. The lowest BCUT2D eigenvalue weighted by Crippen LogP contribution is -2.37. The van der Waals surface area contributed by atoms with Crippen molar-refractivity contribution < 1.29 is 4.74 Å². The van der Waals surface area contributed by atoms with Gasteiger partial charge in [0.05, 0.1) is 12.2 Å². The first-order valence-electron chi connectivity index (χ1n) is 6.35. The van der Waals surface area contributed by atoms with E-state index >= 15 is 0 Å². The number of anilines is 2. The van der Waals surface area contributed by atoms with Crippen LogP contribution in [0.15, 0.2) is 24.3 Å². The molecule has 0 N–H and O–H groups in total. The van der Waals surface area contributed by atoms with Crippen molar-refractivity contribution >= 4 is 11.4 Å². The average molecular weight is 232 g/mol. The molecule has 0 bridgehead atoms. The van der Waals surface area contributed by atoms with Crippen molar-refractivity contribution in [1.29, 1.82) is 0 Å². The summed E-state index contributed by atoms with van der Waals surface area (Å²) in [6.45, 7) is 3.24. The van der Waals surface area contributed by atoms with E-state index in [1.54, 1.807) is 0 Å². The molecule has 2 saturated heterocycles. The molecule has 1 spiro atoms. The van der Waals surface area contributed by atoms with Crippen molar-refractivity contribution in [3.8, 4) is 0 Å². The Hall–Kier alpha value is -1.22. The lowest BCUT2D eigenvalue weighted by Gasteiger charge is -2.32. The van der Waals surface area contributed by atoms with E-state index in [4.69, 9.17) is 4.74 Å². The third-order valence-electron chi connectivity index (χ3n) is 3.96. The van der Waals surface area contributed by atoms with Crippen LogP contribution in [-0.2, 0) is 4.74 Å². The van der Waals surface area contributed by atoms with Gasteiger partial charge >= 0.3 is 0 Å². The van der Waals surface area contributed by atoms with Crippen LogP contribution in [-0.4, -0.2) is 39.4 Å². The number of hydrogen-bond acceptors (Lipinski definition) is 3. The van der Waals surface area contributed by atoms with Gasteiger partial charge in [-0.3, -0.25) is 0 Å². The normalized spacial score (nSPS) is 21.6. The zero-order valence-corrected chi connectivity index (χ0v) is 10.6. The highest BCUT2D eigenvalue weighted by Crippen LogP contribution is 2.38. The fourth-order valence-electron chi connectivity index (χ4n) is 2.52. The molecule has 0 amide bonds. The smallest absolute Gasteiger partial charge is 0.0950 e. The van der Waals surface area contributed by atoms with Crippen molar-refractivity contribution in [2.45, 2.75) is 18.4 Å². The molecule has 0 radical (unpaired) electrons. The zero-order chi connectivity index (χ0) is 11.9. The Balaban J connectivity index is 1.67. The topological polar surface area (TPSA) is 19.0 Å². The summed E-state index contributed by atoms with van der Waals surface area (Å²) in [7, 11) is 4.15. The van der Waals surface area contributed by atoms with Gasteiger partial charge in [-0.05, 0) is 37.1 Å². The number of ether oxygens (including phenoxy) is 1. The van der Waals surface area contributed by atoms with E-state index in [2.05, 4.69) is 48.2 Å². The molecule has 0 saturated carbocycles. The highest BCUT2D eigenvalue weighted by Gasteiger charge is 2.46. The Kier molecular flexibility index (Phi) is 2.51. The van der Waals surface area contributed by atoms with Gasteiger partial charge < -0.3 is 14.5 Å². The molecular weight excluding hydrogens is 212 g/mol. The molecule has 0 unspecified atom stereocenters. The monoisotopic (exact) mass is 232 g/mol. The molecule has 0 aromatic heterocycles. The minimum absolute atomic E-state index is 0.278. The number of benzene rings is 1. The van der Waals surface area contributed by atoms with E-state index in [1.807, 2.05) is 0 Å². The van der Waals surface area contributed by atoms with E-state index in [0.29, 0.717) is 0 Å². The van der Waals surface area contributed by atoms with Gasteiger partial charge in [0.2, 0.25) is 0 Å². The minimum atomic E-state index is 0.278. The Labute approximate surface area is 103 Å². The molecule has 2 fully saturated rings. The quantitative estimate of drug-likeness (QED) is 0.728. The van der Waals surface area contributed by atoms with Gasteiger partial charge in [0.25, 0.3) is 0 Å². The van der Waals surface area contributed by atoms with Gasteiger partial charge in [0.15, 0.2) is 0 Å². The highest BCUT2D eigenvalue weighted by molar-refractivity contribution is 5.56. The number of hydrogen-bond donors (Lipinski definition) is 0. The molecule has 92 valence electrons. The van der Waals surface area contributed by atoms with E-state index in [-0.39, 0.29) is 5.60 Å². The fraction of sp³-hybridized carbons (Fsp3) is 0.571. The molecule has 0 atom stereocenters. The van der Waals surface area contributed by atoms with E-state index in [0.717, 1.165) is 19.7 Å². The predicted molar refractivity (Wildman–Crippen MR) is 70.9 cm³/mol. The van der Waals surface area contributed by atoms with Crippen molar-refractivity contribution in [1.82, 2.24) is 0 Å². The number of epoxide rings is 1. The van der Waals surface area contributed by atoms with Gasteiger partial charge in [-0.2, -0.15) is 0 Å². The van der Waals surface area contributed by atoms with Gasteiger partial charge in [-0.25, -0.2) is 0 Å². The third kappa shape index (κ3) is 2.12. The molecule has 2 aliphatic rings. The van der Waals surface area contributed by atoms with Gasteiger partial charge in [0.1, 0.15) is 0 Å². The van der Waals surface area contributed by atoms with Crippen LogP contribution in [0.3, 0.4) is 0 Å². The summed E-state index contributed by atoms with van der Waals surface area (Å²) in [5, 5.41) is 0. The van der Waals surface area contributed by atoms with Crippen LogP contribution in [0.5, 0.6) is 0 Å². The van der Waals surface area contributed by atoms with Crippen LogP contribution in [0.2, 0.25) is 0 Å². The number of piperidine rings is 1. The summed E-state index contributed by atoms with van der Waals surface area (Å²) in [5.41, 5.74) is 2.87. The van der Waals surface area contributed by atoms with E-state index < -0.39 is 0 Å². The van der Waals surface area contributed by atoms with Gasteiger partial charge in [-0.15, -0.1) is 0 Å². The second-order valence-electron chi connectivity index (χ2n) is 5.37. The first-order valence-corrected chi connectivity index (χ1v) is 6.35. The van der Waals surface area contributed by atoms with Crippen LogP contribution >= 0.6 is 0 Å². The maximum absolute atomic E-state index is 5.54. The third-order valence-corrected chi connectivity index (χ3v) is 3.96. The van der Waals surface area contributed by atoms with Crippen molar-refractivity contribution in [2.24, 2.45) is 0 Å². The molecule has 1 aromatic carbocycles. The summed E-state index contributed by atoms with van der Waals surface area (Å²) >= 11 is 0. The lowest BCUT2D eigenvalue weighted by molar-refractivity contribution is 0.259. The largest absolute Gasteiger partial charge is 0.378 e. The second kappa shape index (κ2) is 3.91. The van der Waals surface area contributed by atoms with Crippen LogP contribution < -0.4 is 9.80 Å². The Morgan fingerprint density at radius 1 is 1.12 bits per heavy atom. The number of rotatable bonds is 2. The molecule has 2 aliphatic heterocycles. The Bertz CT molecular complexity index is 385. The van der Waals surface area contributed by atoms with Gasteiger partial charge in [-0.1, -0.05) is 0 Å². The van der Waals surface area contributed by atoms with E-state index in [9.17, 15) is 0 Å². The maximum atomic E-state index is 5.54. The van der Waals surface area contributed by atoms with Crippen molar-refractivity contribution in [2.75, 3.05) is 43.6 Å². The molecule has 17 heavy (non-hydrogen) atoms. The fourth-order valence-corrected chi connectivity index (χ4v) is 2.52. The van der Waals surface area contributed by atoms with E-state index in [1.165, 1.54) is 24.2 Å². The summed E-state index contributed by atoms with van der Waals surface area (Å²) < 4.78 is 5.54. The predicted octanol–water partition coefficient (Wildman–Crippen LogP) is 2.12. The molecule has 2 heterocycles. The molecule has 1 aromatic rings. The lowest BCUT2D eigenvalue weighted by atomic mass is 9.97. The average Bonchev–Trinajstić information content (AvgIpc) is 3.10. The second-order valence-corrected chi connectivity index (χ2v) is 5.37. The maximum Gasteiger partial charge on any atom is 0.0950 e. The molecule has 0 aliphatic carbocycles. The summed E-state index contributed by atoms with van der Waals surface area (Å²) in [6.07, 6.45) is 2.37. The van der Waals surface area contributed by atoms with Crippen molar-refractivity contribution in [3.05, 3.63) is 24.3 Å². The van der Waals surface area contributed by atoms with Crippen LogP contribution in [0.1, 0.15) is 12.8 Å². The molecule has 3 heteroatoms. The SMILES string of the molecule is CN(C)c1ccc(N2CCC3(CC2)CO3)cc1. The first kappa shape index (κ1) is 10.9. The minimum Gasteiger partial charge on any atom is -0.378 e. The summed E-state index contributed by atoms with van der Waals surface area (Å²) in [5.74, 6) is 0. The number of nitrogens with zero attached hydrogens (tertiary/aromatic N) is 2. The molecular formula is C14H20N2O. The Morgan fingerprint density at radius 3 is 2.18 bits per heavy atom. The van der Waals surface area contributed by atoms with Crippen LogP contribution in [0.4, 0.5) is 11.4 Å². The zero-order valence-electron chi connectivity index (χ0n) is 10.6. The standard InChI is InChI=1S/C14H20N2O/c1-15(2)12-3-5-13(6-4-12)16-9-7-14(8-10-16)11-17-14/h3-6H,7-11H2,1-2H3. The van der Waals surface area contributed by atoms with Crippen LogP contribution in [0, 0.1) is 0 Å². The summed E-state index contributed by atoms with van der Waals surface area (Å²) in [6, 6.07) is 8.82. The molecule has 3 nitrogen and oxygen atoms in total. The van der Waals surface area contributed by atoms with Crippen molar-refractivity contribution in [3.63, 3.8) is 0 Å². The Morgan fingerprint density at radius 2 is 1.71 bits per heavy atom. The van der Waals surface area contributed by atoms with Gasteiger partial charge in [0, 0.05) is 38.6 Å². The highest BCUT2D eigenvalue weighted by atomic mass is 16.6. The summed E-state index contributed by atoms with van der Waals surface area (Å²) in [4.78, 5) is 4.60. The molecule has 3 rings (SSSR count). The van der Waals surface area contributed by atoms with Crippen LogP contribution in [0.25, 0.3) is 0 Å².